The summed E-state index contributed by atoms with van der Waals surface area (Å²) in [5, 5.41) is 7.48. The first-order chi connectivity index (χ1) is 8.91. The predicted molar refractivity (Wildman–Crippen MR) is 75.4 cm³/mol. The fourth-order valence-electron chi connectivity index (χ4n) is 1.94. The molecular weight excluding hydrogens is 262 g/mol. The van der Waals surface area contributed by atoms with Crippen LogP contribution < -0.4 is 5.32 Å². The molecule has 19 heavy (non-hydrogen) atoms. The highest BCUT2D eigenvalue weighted by Gasteiger charge is 2.14. The van der Waals surface area contributed by atoms with E-state index in [1.165, 1.54) is 6.26 Å². The molecule has 0 fully saturated rings. The van der Waals surface area contributed by atoms with Gasteiger partial charge in [-0.05, 0) is 18.6 Å². The van der Waals surface area contributed by atoms with Gasteiger partial charge in [0.1, 0.15) is 0 Å². The monoisotopic (exact) mass is 279 g/mol. The molecule has 0 saturated heterocycles. The molecule has 0 radical (unpaired) electrons. The van der Waals surface area contributed by atoms with E-state index in [-0.39, 0.29) is 0 Å². The van der Waals surface area contributed by atoms with Crippen LogP contribution in [0.2, 0.25) is 0 Å². The third-order valence-corrected chi connectivity index (χ3v) is 3.95. The standard InChI is InChI=1S/C13H17N3O2S/c1-4-10-12(9-16(2)15-10)14-11-7-5-6-8-13(11)19(3,17)18/h5-9,14H,4H2,1-3H3. The summed E-state index contributed by atoms with van der Waals surface area (Å²) in [5.41, 5.74) is 2.32. The summed E-state index contributed by atoms with van der Waals surface area (Å²) in [6, 6.07) is 6.87. The maximum atomic E-state index is 11.7. The normalized spacial score (nSPS) is 11.5. The van der Waals surface area contributed by atoms with E-state index in [4.69, 9.17) is 0 Å². The molecule has 0 bridgehead atoms. The Labute approximate surface area is 113 Å². The van der Waals surface area contributed by atoms with Crippen LogP contribution in [0.3, 0.4) is 0 Å². The number of anilines is 2. The van der Waals surface area contributed by atoms with Gasteiger partial charge in [0.25, 0.3) is 0 Å². The molecule has 0 aliphatic carbocycles. The van der Waals surface area contributed by atoms with Gasteiger partial charge >= 0.3 is 0 Å². The summed E-state index contributed by atoms with van der Waals surface area (Å²) in [6.07, 6.45) is 3.83. The highest BCUT2D eigenvalue weighted by atomic mass is 32.2. The maximum Gasteiger partial charge on any atom is 0.177 e. The van der Waals surface area contributed by atoms with Crippen LogP contribution in [0.1, 0.15) is 12.6 Å². The van der Waals surface area contributed by atoms with Crippen LogP contribution in [0.25, 0.3) is 0 Å². The Morgan fingerprint density at radius 2 is 1.95 bits per heavy atom. The molecule has 1 aromatic carbocycles. The molecule has 1 aromatic heterocycles. The zero-order valence-electron chi connectivity index (χ0n) is 11.2. The Bertz CT molecular complexity index is 690. The average molecular weight is 279 g/mol. The summed E-state index contributed by atoms with van der Waals surface area (Å²) in [6.45, 7) is 2.01. The maximum absolute atomic E-state index is 11.7. The van der Waals surface area contributed by atoms with Crippen molar-refractivity contribution in [3.63, 3.8) is 0 Å². The van der Waals surface area contributed by atoms with Crippen molar-refractivity contribution >= 4 is 21.2 Å². The van der Waals surface area contributed by atoms with Crippen LogP contribution in [0, 0.1) is 0 Å². The molecule has 0 unspecified atom stereocenters. The number of aromatic nitrogens is 2. The molecular formula is C13H17N3O2S. The molecule has 5 nitrogen and oxygen atoms in total. The lowest BCUT2D eigenvalue weighted by Gasteiger charge is -2.10. The van der Waals surface area contributed by atoms with Gasteiger partial charge in [-0.1, -0.05) is 19.1 Å². The summed E-state index contributed by atoms with van der Waals surface area (Å²) < 4.78 is 25.2. The molecule has 0 amide bonds. The van der Waals surface area contributed by atoms with E-state index in [2.05, 4.69) is 10.4 Å². The van der Waals surface area contributed by atoms with E-state index < -0.39 is 9.84 Å². The van der Waals surface area contributed by atoms with Gasteiger partial charge in [0.15, 0.2) is 9.84 Å². The first-order valence-corrected chi connectivity index (χ1v) is 7.89. The van der Waals surface area contributed by atoms with Crippen molar-refractivity contribution in [1.82, 2.24) is 9.78 Å². The number of hydrogen-bond donors (Lipinski definition) is 1. The second-order valence-electron chi connectivity index (χ2n) is 4.41. The molecule has 1 heterocycles. The van der Waals surface area contributed by atoms with E-state index in [9.17, 15) is 8.42 Å². The Morgan fingerprint density at radius 1 is 1.26 bits per heavy atom. The van der Waals surface area contributed by atoms with Crippen molar-refractivity contribution < 1.29 is 8.42 Å². The van der Waals surface area contributed by atoms with Crippen molar-refractivity contribution in [3.05, 3.63) is 36.2 Å². The zero-order chi connectivity index (χ0) is 14.0. The number of sulfone groups is 1. The van der Waals surface area contributed by atoms with Gasteiger partial charge in [-0.25, -0.2) is 8.42 Å². The Balaban J connectivity index is 2.44. The molecule has 2 rings (SSSR count). The van der Waals surface area contributed by atoms with E-state index in [1.54, 1.807) is 28.9 Å². The molecule has 2 aromatic rings. The predicted octanol–water partition coefficient (Wildman–Crippen LogP) is 2.13. The van der Waals surface area contributed by atoms with Crippen LogP contribution >= 0.6 is 0 Å². The number of nitrogens with one attached hydrogen (secondary N) is 1. The second-order valence-corrected chi connectivity index (χ2v) is 6.39. The summed E-state index contributed by atoms with van der Waals surface area (Å²) in [5.74, 6) is 0. The van der Waals surface area contributed by atoms with Crippen LogP contribution in [0.4, 0.5) is 11.4 Å². The summed E-state index contributed by atoms with van der Waals surface area (Å²) in [7, 11) is -1.42. The van der Waals surface area contributed by atoms with Crippen molar-refractivity contribution in [3.8, 4) is 0 Å². The minimum Gasteiger partial charge on any atom is -0.352 e. The number of rotatable bonds is 4. The van der Waals surface area contributed by atoms with Gasteiger partial charge in [-0.2, -0.15) is 5.10 Å². The molecule has 6 heteroatoms. The zero-order valence-corrected chi connectivity index (χ0v) is 12.0. The highest BCUT2D eigenvalue weighted by molar-refractivity contribution is 7.90. The van der Waals surface area contributed by atoms with Gasteiger partial charge in [0.2, 0.25) is 0 Å². The van der Waals surface area contributed by atoms with Crippen LogP contribution in [-0.2, 0) is 23.3 Å². The van der Waals surface area contributed by atoms with Crippen LogP contribution in [-0.4, -0.2) is 24.5 Å². The fourth-order valence-corrected chi connectivity index (χ4v) is 2.78. The van der Waals surface area contributed by atoms with Gasteiger partial charge in [0.05, 0.1) is 22.0 Å². The second kappa shape index (κ2) is 5.05. The summed E-state index contributed by atoms with van der Waals surface area (Å²) >= 11 is 0. The van der Waals surface area contributed by atoms with Gasteiger partial charge in [-0.3, -0.25) is 4.68 Å². The Kier molecular flexibility index (Phi) is 3.61. The lowest BCUT2D eigenvalue weighted by Crippen LogP contribution is -2.03. The first kappa shape index (κ1) is 13.6. The fraction of sp³-hybridized carbons (Fsp3) is 0.308. The van der Waals surface area contributed by atoms with E-state index >= 15 is 0 Å². The number of nitrogens with zero attached hydrogens (tertiary/aromatic N) is 2. The van der Waals surface area contributed by atoms with Crippen LogP contribution in [0.15, 0.2) is 35.4 Å². The molecule has 0 spiro atoms. The number of hydrogen-bond acceptors (Lipinski definition) is 4. The number of benzene rings is 1. The average Bonchev–Trinajstić information content (AvgIpc) is 2.69. The SMILES string of the molecule is CCc1nn(C)cc1Nc1ccccc1S(C)(=O)=O. The van der Waals surface area contributed by atoms with Crippen molar-refractivity contribution in [2.75, 3.05) is 11.6 Å². The van der Waals surface area contributed by atoms with Crippen molar-refractivity contribution in [2.45, 2.75) is 18.2 Å². The van der Waals surface area contributed by atoms with Gasteiger partial charge < -0.3 is 5.32 Å². The first-order valence-electron chi connectivity index (χ1n) is 6.00. The molecule has 0 aliphatic heterocycles. The Hall–Kier alpha value is -1.82. The number of para-hydroxylation sites is 1. The third kappa shape index (κ3) is 2.96. The van der Waals surface area contributed by atoms with Crippen molar-refractivity contribution in [1.29, 1.82) is 0 Å². The van der Waals surface area contributed by atoms with E-state index in [0.717, 1.165) is 17.8 Å². The molecule has 102 valence electrons. The lowest BCUT2D eigenvalue weighted by molar-refractivity contribution is 0.602. The number of aryl methyl sites for hydroxylation is 2. The Morgan fingerprint density at radius 3 is 2.58 bits per heavy atom. The highest BCUT2D eigenvalue weighted by Crippen LogP contribution is 2.26. The lowest BCUT2D eigenvalue weighted by atomic mass is 10.2. The molecule has 0 atom stereocenters. The quantitative estimate of drug-likeness (QED) is 0.931. The van der Waals surface area contributed by atoms with Gasteiger partial charge in [-0.15, -0.1) is 0 Å². The van der Waals surface area contributed by atoms with Crippen molar-refractivity contribution in [2.24, 2.45) is 7.05 Å². The van der Waals surface area contributed by atoms with E-state index in [0.29, 0.717) is 10.6 Å². The third-order valence-electron chi connectivity index (χ3n) is 2.80. The summed E-state index contributed by atoms with van der Waals surface area (Å²) in [4.78, 5) is 0.293. The topological polar surface area (TPSA) is 64.0 Å². The minimum atomic E-state index is -3.26. The smallest absolute Gasteiger partial charge is 0.177 e. The van der Waals surface area contributed by atoms with E-state index in [1.807, 2.05) is 20.2 Å². The largest absolute Gasteiger partial charge is 0.352 e. The molecule has 0 saturated carbocycles. The van der Waals surface area contributed by atoms with Gasteiger partial charge in [0, 0.05) is 19.5 Å². The van der Waals surface area contributed by atoms with Crippen LogP contribution in [0.5, 0.6) is 0 Å². The minimum absolute atomic E-state index is 0.293. The molecule has 0 aliphatic rings. The molecule has 1 N–H and O–H groups in total.